The van der Waals surface area contributed by atoms with E-state index in [0.29, 0.717) is 17.1 Å². The lowest BCUT2D eigenvalue weighted by atomic mass is 10.2. The van der Waals surface area contributed by atoms with Crippen LogP contribution in [0.15, 0.2) is 82.5 Å². The number of aromatic nitrogens is 3. The summed E-state index contributed by atoms with van der Waals surface area (Å²) in [6.07, 6.45) is 1.56. The van der Waals surface area contributed by atoms with E-state index in [1.54, 1.807) is 29.0 Å². The Morgan fingerprint density at radius 1 is 0.815 bits per heavy atom. The zero-order valence-electron chi connectivity index (χ0n) is 14.4. The van der Waals surface area contributed by atoms with Gasteiger partial charge in [-0.25, -0.2) is 9.78 Å². The third-order valence-corrected chi connectivity index (χ3v) is 4.64. The van der Waals surface area contributed by atoms with Crippen LogP contribution in [-0.4, -0.2) is 14.1 Å². The molecule has 27 heavy (non-hydrogen) atoms. The predicted molar refractivity (Wildman–Crippen MR) is 106 cm³/mol. The molecule has 0 aliphatic carbocycles. The average Bonchev–Trinajstić information content (AvgIpc) is 2.69. The Kier molecular flexibility index (Phi) is 4.60. The Morgan fingerprint density at radius 2 is 1.56 bits per heavy atom. The molecule has 0 radical (unpaired) electrons. The van der Waals surface area contributed by atoms with Crippen LogP contribution in [0.1, 0.15) is 11.1 Å². The molecule has 0 fully saturated rings. The molecule has 0 amide bonds. The van der Waals surface area contributed by atoms with Crippen LogP contribution >= 0.6 is 11.6 Å². The zero-order valence-corrected chi connectivity index (χ0v) is 15.1. The van der Waals surface area contributed by atoms with E-state index < -0.39 is 0 Å². The first-order valence-electron chi connectivity index (χ1n) is 8.50. The smallest absolute Gasteiger partial charge is 0.287 e. The Morgan fingerprint density at radius 3 is 2.33 bits per heavy atom. The molecule has 6 heteroatoms. The van der Waals surface area contributed by atoms with Gasteiger partial charge in [-0.05, 0) is 35.4 Å². The molecule has 0 unspecified atom stereocenters. The minimum Gasteiger partial charge on any atom is -0.287 e. The van der Waals surface area contributed by atoms with Crippen LogP contribution in [0, 0.1) is 0 Å². The number of hydrogen-bond acceptors (Lipinski definition) is 3. The van der Waals surface area contributed by atoms with Crippen molar-refractivity contribution in [2.75, 3.05) is 0 Å². The Balaban J connectivity index is 1.92. The van der Waals surface area contributed by atoms with Gasteiger partial charge in [0.15, 0.2) is 5.52 Å². The van der Waals surface area contributed by atoms with Gasteiger partial charge in [-0.1, -0.05) is 54.1 Å². The molecular formula is C21H16ClN3O2. The number of nitrogens with zero attached hydrogens (tertiary/aromatic N) is 3. The van der Waals surface area contributed by atoms with Crippen molar-refractivity contribution in [3.8, 4) is 0 Å². The van der Waals surface area contributed by atoms with Gasteiger partial charge in [0.2, 0.25) is 0 Å². The molecule has 4 rings (SSSR count). The number of hydrogen-bond donors (Lipinski definition) is 0. The third kappa shape index (κ3) is 3.41. The van der Waals surface area contributed by atoms with Crippen molar-refractivity contribution in [2.45, 2.75) is 13.1 Å². The normalized spacial score (nSPS) is 11.0. The zero-order chi connectivity index (χ0) is 18.8. The molecule has 0 bridgehead atoms. The number of pyridine rings is 1. The van der Waals surface area contributed by atoms with Gasteiger partial charge in [0.1, 0.15) is 0 Å². The molecule has 0 aliphatic heterocycles. The Hall–Kier alpha value is -3.18. The largest absolute Gasteiger partial charge is 0.332 e. The van der Waals surface area contributed by atoms with Gasteiger partial charge in [0.25, 0.3) is 5.56 Å². The maximum atomic E-state index is 13.2. The summed E-state index contributed by atoms with van der Waals surface area (Å²) in [5.41, 5.74) is 1.78. The predicted octanol–water partition coefficient (Wildman–Crippen LogP) is 3.31. The van der Waals surface area contributed by atoms with Crippen LogP contribution < -0.4 is 11.2 Å². The van der Waals surface area contributed by atoms with Crippen molar-refractivity contribution in [3.05, 3.63) is 110 Å². The molecule has 0 saturated heterocycles. The van der Waals surface area contributed by atoms with Gasteiger partial charge in [-0.2, -0.15) is 0 Å². The van der Waals surface area contributed by atoms with E-state index in [1.165, 1.54) is 4.57 Å². The molecule has 134 valence electrons. The molecule has 4 aromatic rings. The average molecular weight is 378 g/mol. The highest BCUT2D eigenvalue weighted by molar-refractivity contribution is 6.30. The first-order chi connectivity index (χ1) is 13.1. The van der Waals surface area contributed by atoms with Crippen molar-refractivity contribution in [3.63, 3.8) is 0 Å². The number of benzene rings is 2. The van der Waals surface area contributed by atoms with Crippen molar-refractivity contribution >= 4 is 22.6 Å². The van der Waals surface area contributed by atoms with E-state index in [-0.39, 0.29) is 23.3 Å². The summed E-state index contributed by atoms with van der Waals surface area (Å²) in [4.78, 5) is 30.3. The van der Waals surface area contributed by atoms with E-state index >= 15 is 0 Å². The van der Waals surface area contributed by atoms with Crippen LogP contribution in [0.3, 0.4) is 0 Å². The topological polar surface area (TPSA) is 56.9 Å². The van der Waals surface area contributed by atoms with Gasteiger partial charge >= 0.3 is 5.69 Å². The summed E-state index contributed by atoms with van der Waals surface area (Å²) in [5.74, 6) is 0. The van der Waals surface area contributed by atoms with Gasteiger partial charge < -0.3 is 0 Å². The van der Waals surface area contributed by atoms with Gasteiger partial charge in [0.05, 0.1) is 18.6 Å². The lowest BCUT2D eigenvalue weighted by molar-refractivity contribution is 0.633. The van der Waals surface area contributed by atoms with Crippen molar-refractivity contribution in [1.82, 2.24) is 14.1 Å². The van der Waals surface area contributed by atoms with E-state index in [4.69, 9.17) is 11.6 Å². The Bertz CT molecular complexity index is 1230. The molecule has 0 saturated carbocycles. The molecule has 5 nitrogen and oxygen atoms in total. The summed E-state index contributed by atoms with van der Waals surface area (Å²) in [6, 6.07) is 20.2. The highest BCUT2D eigenvalue weighted by Gasteiger charge is 2.14. The minimum absolute atomic E-state index is 0.195. The fourth-order valence-corrected chi connectivity index (χ4v) is 3.33. The van der Waals surface area contributed by atoms with Crippen LogP contribution in [-0.2, 0) is 13.1 Å². The first kappa shape index (κ1) is 17.2. The highest BCUT2D eigenvalue weighted by Crippen LogP contribution is 2.13. The maximum absolute atomic E-state index is 13.2. The second kappa shape index (κ2) is 7.21. The molecular weight excluding hydrogens is 362 g/mol. The van der Waals surface area contributed by atoms with Crippen LogP contribution in [0.2, 0.25) is 5.02 Å². The third-order valence-electron chi connectivity index (χ3n) is 4.40. The summed E-state index contributed by atoms with van der Waals surface area (Å²) in [6.45, 7) is 0.497. The first-order valence-corrected chi connectivity index (χ1v) is 8.88. The standard InChI is InChI=1S/C21H16ClN3O2/c22-17-9-4-8-16(12-17)14-24-18-10-5-11-23-19(18)20(26)25(21(24)27)13-15-6-2-1-3-7-15/h1-12H,13-14H2. The second-order valence-corrected chi connectivity index (χ2v) is 6.68. The van der Waals surface area contributed by atoms with Gasteiger partial charge in [-0.15, -0.1) is 0 Å². The van der Waals surface area contributed by atoms with Crippen molar-refractivity contribution in [1.29, 1.82) is 0 Å². The monoisotopic (exact) mass is 377 g/mol. The van der Waals surface area contributed by atoms with E-state index in [0.717, 1.165) is 11.1 Å². The summed E-state index contributed by atoms with van der Waals surface area (Å²) in [7, 11) is 0. The van der Waals surface area contributed by atoms with Crippen molar-refractivity contribution < 1.29 is 0 Å². The number of fused-ring (bicyclic) bond motifs is 1. The van der Waals surface area contributed by atoms with E-state index in [9.17, 15) is 9.59 Å². The number of rotatable bonds is 4. The summed E-state index contributed by atoms with van der Waals surface area (Å²) >= 11 is 6.08. The fourth-order valence-electron chi connectivity index (χ4n) is 3.12. The van der Waals surface area contributed by atoms with Gasteiger partial charge in [-0.3, -0.25) is 13.9 Å². The van der Waals surface area contributed by atoms with Crippen LogP contribution in [0.4, 0.5) is 0 Å². The lowest BCUT2D eigenvalue weighted by Crippen LogP contribution is -2.40. The molecule has 2 aromatic carbocycles. The van der Waals surface area contributed by atoms with E-state index in [1.807, 2.05) is 48.5 Å². The maximum Gasteiger partial charge on any atom is 0.332 e. The molecule has 0 spiro atoms. The minimum atomic E-state index is -0.387. The van der Waals surface area contributed by atoms with Crippen LogP contribution in [0.25, 0.3) is 11.0 Å². The lowest BCUT2D eigenvalue weighted by Gasteiger charge is -2.14. The molecule has 0 N–H and O–H groups in total. The van der Waals surface area contributed by atoms with Gasteiger partial charge in [0, 0.05) is 11.2 Å². The molecule has 0 aliphatic rings. The molecule has 2 heterocycles. The van der Waals surface area contributed by atoms with Crippen LogP contribution in [0.5, 0.6) is 0 Å². The number of halogens is 1. The molecule has 0 atom stereocenters. The summed E-state index contributed by atoms with van der Waals surface area (Å²) in [5, 5.41) is 0.598. The molecule has 2 aromatic heterocycles. The second-order valence-electron chi connectivity index (χ2n) is 6.25. The fraction of sp³-hybridized carbons (Fsp3) is 0.0952. The Labute approximate surface area is 160 Å². The van der Waals surface area contributed by atoms with Crippen molar-refractivity contribution in [2.24, 2.45) is 0 Å². The SMILES string of the molecule is O=c1c2ncccc2n(Cc2cccc(Cl)c2)c(=O)n1Cc1ccccc1. The quantitative estimate of drug-likeness (QED) is 0.548. The van der Waals surface area contributed by atoms with E-state index in [2.05, 4.69) is 4.98 Å². The summed E-state index contributed by atoms with van der Waals surface area (Å²) < 4.78 is 2.80. The highest BCUT2D eigenvalue weighted by atomic mass is 35.5.